The van der Waals surface area contributed by atoms with Gasteiger partial charge in [0.05, 0.1) is 11.7 Å². The van der Waals surface area contributed by atoms with Crippen molar-refractivity contribution in [2.45, 2.75) is 57.0 Å². The third-order valence-electron chi connectivity index (χ3n) is 2.95. The van der Waals surface area contributed by atoms with E-state index in [1.165, 1.54) is 19.3 Å². The minimum Gasteiger partial charge on any atom is -0.459 e. The summed E-state index contributed by atoms with van der Waals surface area (Å²) in [6.07, 6.45) is 5.65. The first-order chi connectivity index (χ1) is 9.04. The second-order valence-corrected chi connectivity index (χ2v) is 6.12. The van der Waals surface area contributed by atoms with Crippen molar-refractivity contribution in [3.8, 4) is 0 Å². The van der Waals surface area contributed by atoms with Crippen LogP contribution in [0.1, 0.15) is 56.3 Å². The lowest BCUT2D eigenvalue weighted by atomic mass is 10.1. The molecule has 0 aliphatic heterocycles. The van der Waals surface area contributed by atoms with E-state index in [1.807, 2.05) is 13.0 Å². The number of benzene rings is 1. The van der Waals surface area contributed by atoms with E-state index in [9.17, 15) is 4.79 Å². The van der Waals surface area contributed by atoms with Crippen molar-refractivity contribution in [3.63, 3.8) is 0 Å². The lowest BCUT2D eigenvalue weighted by molar-refractivity contribution is 0.0315. The van der Waals surface area contributed by atoms with E-state index in [0.29, 0.717) is 10.5 Å². The van der Waals surface area contributed by atoms with Gasteiger partial charge >= 0.3 is 5.97 Å². The Morgan fingerprint density at radius 2 is 2.11 bits per heavy atom. The standard InChI is InChI=1S/C15H21BrO2S/c1-3-4-5-6-7-11(2)18-15(17)13-9-8-12(16)10-14(13)19/h8-11,19H,3-7H2,1-2H3. The fourth-order valence-corrected chi connectivity index (χ4v) is 2.68. The third kappa shape index (κ3) is 6.00. The van der Waals surface area contributed by atoms with Gasteiger partial charge in [-0.25, -0.2) is 4.79 Å². The molecule has 1 atom stereocenters. The zero-order valence-corrected chi connectivity index (χ0v) is 14.0. The molecule has 1 rings (SSSR count). The molecule has 0 radical (unpaired) electrons. The highest BCUT2D eigenvalue weighted by atomic mass is 79.9. The van der Waals surface area contributed by atoms with Gasteiger partial charge in [-0.3, -0.25) is 0 Å². The monoisotopic (exact) mass is 344 g/mol. The summed E-state index contributed by atoms with van der Waals surface area (Å²) in [5.41, 5.74) is 0.520. The molecule has 0 N–H and O–H groups in total. The quantitative estimate of drug-likeness (QED) is 0.415. The number of esters is 1. The summed E-state index contributed by atoms with van der Waals surface area (Å²) < 4.78 is 6.34. The van der Waals surface area contributed by atoms with Crippen molar-refractivity contribution in [3.05, 3.63) is 28.2 Å². The van der Waals surface area contributed by atoms with Gasteiger partial charge in [-0.05, 0) is 38.0 Å². The number of thiol groups is 1. The number of carbonyl (C=O) groups excluding carboxylic acids is 1. The number of unbranched alkanes of at least 4 members (excludes halogenated alkanes) is 3. The van der Waals surface area contributed by atoms with Crippen molar-refractivity contribution in [1.29, 1.82) is 0 Å². The number of hydrogen-bond donors (Lipinski definition) is 1. The first kappa shape index (κ1) is 16.6. The maximum Gasteiger partial charge on any atom is 0.339 e. The Bertz CT molecular complexity index is 421. The van der Waals surface area contributed by atoms with Gasteiger partial charge in [-0.1, -0.05) is 42.1 Å². The predicted molar refractivity (Wildman–Crippen MR) is 85.0 cm³/mol. The molecule has 0 aliphatic rings. The summed E-state index contributed by atoms with van der Waals surface area (Å²) in [4.78, 5) is 12.6. The highest BCUT2D eigenvalue weighted by Gasteiger charge is 2.14. The third-order valence-corrected chi connectivity index (χ3v) is 3.82. The molecular weight excluding hydrogens is 324 g/mol. The molecule has 0 spiro atoms. The van der Waals surface area contributed by atoms with E-state index < -0.39 is 0 Å². The van der Waals surface area contributed by atoms with Gasteiger partial charge in [-0.2, -0.15) is 0 Å². The molecule has 0 aliphatic carbocycles. The van der Waals surface area contributed by atoms with Crippen molar-refractivity contribution in [1.82, 2.24) is 0 Å². The maximum absolute atomic E-state index is 12.0. The molecule has 4 heteroatoms. The van der Waals surface area contributed by atoms with Gasteiger partial charge in [0.15, 0.2) is 0 Å². The van der Waals surface area contributed by atoms with E-state index in [0.717, 1.165) is 17.3 Å². The summed E-state index contributed by atoms with van der Waals surface area (Å²) in [6.45, 7) is 4.13. The topological polar surface area (TPSA) is 26.3 Å². The molecule has 0 fully saturated rings. The molecule has 1 aromatic rings. The van der Waals surface area contributed by atoms with Crippen molar-refractivity contribution in [2.24, 2.45) is 0 Å². The van der Waals surface area contributed by atoms with Crippen LogP contribution in [-0.2, 0) is 4.74 Å². The van der Waals surface area contributed by atoms with Crippen LogP contribution in [0.25, 0.3) is 0 Å². The molecule has 19 heavy (non-hydrogen) atoms. The largest absolute Gasteiger partial charge is 0.459 e. The van der Waals surface area contributed by atoms with Crippen LogP contribution < -0.4 is 0 Å². The Morgan fingerprint density at radius 1 is 1.37 bits per heavy atom. The number of hydrogen-bond acceptors (Lipinski definition) is 3. The summed E-state index contributed by atoms with van der Waals surface area (Å²) in [6, 6.07) is 5.35. The minimum atomic E-state index is -0.291. The molecule has 0 amide bonds. The number of carbonyl (C=O) groups is 1. The van der Waals surface area contributed by atoms with Crippen LogP contribution in [0.2, 0.25) is 0 Å². The molecule has 0 aromatic heterocycles. The molecular formula is C15H21BrO2S. The average Bonchev–Trinajstić information content (AvgIpc) is 2.34. The second-order valence-electron chi connectivity index (χ2n) is 4.73. The van der Waals surface area contributed by atoms with Crippen LogP contribution in [0.5, 0.6) is 0 Å². The van der Waals surface area contributed by atoms with Crippen molar-refractivity contribution >= 4 is 34.5 Å². The van der Waals surface area contributed by atoms with Crippen molar-refractivity contribution < 1.29 is 9.53 Å². The highest BCUT2D eigenvalue weighted by molar-refractivity contribution is 9.10. The van der Waals surface area contributed by atoms with Gasteiger partial charge in [-0.15, -0.1) is 12.6 Å². The van der Waals surface area contributed by atoms with Crippen LogP contribution in [0, 0.1) is 0 Å². The summed E-state index contributed by atoms with van der Waals surface area (Å²) in [5, 5.41) is 0. The normalized spacial score (nSPS) is 12.2. The molecule has 0 heterocycles. The Kier molecular flexibility index (Phi) is 7.54. The van der Waals surface area contributed by atoms with E-state index >= 15 is 0 Å². The van der Waals surface area contributed by atoms with Crippen LogP contribution in [-0.4, -0.2) is 12.1 Å². The van der Waals surface area contributed by atoms with E-state index in [1.54, 1.807) is 12.1 Å². The van der Waals surface area contributed by atoms with E-state index in [-0.39, 0.29) is 12.1 Å². The van der Waals surface area contributed by atoms with Gasteiger partial charge in [0.1, 0.15) is 0 Å². The fourth-order valence-electron chi connectivity index (χ4n) is 1.84. The zero-order chi connectivity index (χ0) is 14.3. The second kappa shape index (κ2) is 8.64. The van der Waals surface area contributed by atoms with Gasteiger partial charge in [0.25, 0.3) is 0 Å². The maximum atomic E-state index is 12.0. The first-order valence-electron chi connectivity index (χ1n) is 6.74. The number of ether oxygens (including phenoxy) is 1. The summed E-state index contributed by atoms with van der Waals surface area (Å²) in [7, 11) is 0. The van der Waals surface area contributed by atoms with Gasteiger partial charge in [0.2, 0.25) is 0 Å². The molecule has 1 unspecified atom stereocenters. The Morgan fingerprint density at radius 3 is 2.74 bits per heavy atom. The van der Waals surface area contributed by atoms with Crippen LogP contribution >= 0.6 is 28.6 Å². The zero-order valence-electron chi connectivity index (χ0n) is 11.5. The van der Waals surface area contributed by atoms with Crippen LogP contribution in [0.4, 0.5) is 0 Å². The molecule has 0 saturated carbocycles. The molecule has 0 saturated heterocycles. The summed E-state index contributed by atoms with van der Waals surface area (Å²) >= 11 is 7.64. The van der Waals surface area contributed by atoms with Crippen molar-refractivity contribution in [2.75, 3.05) is 0 Å². The van der Waals surface area contributed by atoms with E-state index in [2.05, 4.69) is 35.5 Å². The molecule has 106 valence electrons. The SMILES string of the molecule is CCCCCCC(C)OC(=O)c1ccc(Br)cc1S. The molecule has 2 nitrogen and oxygen atoms in total. The lowest BCUT2D eigenvalue weighted by Gasteiger charge is -2.14. The predicted octanol–water partition coefficient (Wildman–Crippen LogP) is 5.25. The molecule has 1 aromatic carbocycles. The highest BCUT2D eigenvalue weighted by Crippen LogP contribution is 2.21. The Balaban J connectivity index is 2.45. The smallest absolute Gasteiger partial charge is 0.339 e. The average molecular weight is 345 g/mol. The number of rotatable bonds is 7. The Hall–Kier alpha value is -0.480. The van der Waals surface area contributed by atoms with E-state index in [4.69, 9.17) is 4.74 Å². The van der Waals surface area contributed by atoms with Crippen LogP contribution in [0.3, 0.4) is 0 Å². The fraction of sp³-hybridized carbons (Fsp3) is 0.533. The minimum absolute atomic E-state index is 0.0410. The summed E-state index contributed by atoms with van der Waals surface area (Å²) in [5.74, 6) is -0.291. The lowest BCUT2D eigenvalue weighted by Crippen LogP contribution is -2.15. The Labute approximate surface area is 129 Å². The van der Waals surface area contributed by atoms with Crippen LogP contribution in [0.15, 0.2) is 27.6 Å². The molecule has 0 bridgehead atoms. The van der Waals surface area contributed by atoms with Gasteiger partial charge in [0, 0.05) is 9.37 Å². The number of halogens is 1. The first-order valence-corrected chi connectivity index (χ1v) is 7.98. The van der Waals surface area contributed by atoms with Gasteiger partial charge < -0.3 is 4.74 Å².